The minimum absolute atomic E-state index is 0.0489. The molecule has 1 aromatic rings. The van der Waals surface area contributed by atoms with Gasteiger partial charge in [-0.15, -0.1) is 0 Å². The molecule has 0 saturated carbocycles. The first-order valence-electron chi connectivity index (χ1n) is 4.71. The van der Waals surface area contributed by atoms with Crippen LogP contribution in [0.1, 0.15) is 18.4 Å². The summed E-state index contributed by atoms with van der Waals surface area (Å²) in [7, 11) is 0. The molecule has 0 atom stereocenters. The fourth-order valence-corrected chi connectivity index (χ4v) is 1.28. The van der Waals surface area contributed by atoms with E-state index in [1.807, 2.05) is 0 Å². The zero-order chi connectivity index (χ0) is 11.3. The average Bonchev–Trinajstić information content (AvgIpc) is 2.18. The summed E-state index contributed by atoms with van der Waals surface area (Å²) in [6.07, 6.45) is 0.844. The maximum atomic E-state index is 13.2. The van der Waals surface area contributed by atoms with Gasteiger partial charge in [0.05, 0.1) is 0 Å². The molecule has 0 heterocycles. The standard InChI is InChI=1S/C12H13FO2/c1-9(6-7-12(14)15)8-10-4-2-3-5-11(10)13/h2-5H,1,6-8H2,(H,14,15). The van der Waals surface area contributed by atoms with E-state index in [1.165, 1.54) is 6.07 Å². The summed E-state index contributed by atoms with van der Waals surface area (Å²) < 4.78 is 13.2. The molecule has 3 heteroatoms. The molecule has 0 amide bonds. The second-order valence-corrected chi connectivity index (χ2v) is 3.41. The van der Waals surface area contributed by atoms with Crippen LogP contribution in [-0.4, -0.2) is 11.1 Å². The Hall–Kier alpha value is -1.64. The molecule has 0 spiro atoms. The van der Waals surface area contributed by atoms with Crippen molar-refractivity contribution in [2.24, 2.45) is 0 Å². The number of aliphatic carboxylic acids is 1. The Labute approximate surface area is 88.1 Å². The van der Waals surface area contributed by atoms with E-state index in [0.717, 1.165) is 5.57 Å². The minimum atomic E-state index is -0.857. The van der Waals surface area contributed by atoms with E-state index < -0.39 is 5.97 Å². The highest BCUT2D eigenvalue weighted by atomic mass is 19.1. The lowest BCUT2D eigenvalue weighted by molar-refractivity contribution is -0.136. The number of benzene rings is 1. The predicted molar refractivity (Wildman–Crippen MR) is 56.1 cm³/mol. The fourth-order valence-electron chi connectivity index (χ4n) is 1.28. The van der Waals surface area contributed by atoms with Gasteiger partial charge in [-0.2, -0.15) is 0 Å². The number of hydrogen-bond acceptors (Lipinski definition) is 1. The lowest BCUT2D eigenvalue weighted by Gasteiger charge is -2.05. The Kier molecular flexibility index (Phi) is 4.03. The molecule has 0 radical (unpaired) electrons. The predicted octanol–water partition coefficient (Wildman–Crippen LogP) is 2.79. The number of carboxylic acids is 1. The summed E-state index contributed by atoms with van der Waals surface area (Å²) >= 11 is 0. The van der Waals surface area contributed by atoms with Gasteiger partial charge in [0.1, 0.15) is 5.82 Å². The third-order valence-electron chi connectivity index (χ3n) is 2.09. The quantitative estimate of drug-likeness (QED) is 0.755. The van der Waals surface area contributed by atoms with Gasteiger partial charge in [-0.05, 0) is 24.5 Å². The van der Waals surface area contributed by atoms with E-state index in [9.17, 15) is 9.18 Å². The van der Waals surface area contributed by atoms with Gasteiger partial charge in [0.2, 0.25) is 0 Å². The smallest absolute Gasteiger partial charge is 0.303 e. The topological polar surface area (TPSA) is 37.3 Å². The molecular formula is C12H13FO2. The summed E-state index contributed by atoms with van der Waals surface area (Å²) in [6.45, 7) is 3.73. The molecule has 0 bridgehead atoms. The molecule has 0 fully saturated rings. The highest BCUT2D eigenvalue weighted by Crippen LogP contribution is 2.14. The van der Waals surface area contributed by atoms with Crippen molar-refractivity contribution >= 4 is 5.97 Å². The van der Waals surface area contributed by atoms with Gasteiger partial charge in [-0.25, -0.2) is 4.39 Å². The Morgan fingerprint density at radius 1 is 1.33 bits per heavy atom. The number of hydrogen-bond donors (Lipinski definition) is 1. The van der Waals surface area contributed by atoms with Crippen molar-refractivity contribution in [2.45, 2.75) is 19.3 Å². The van der Waals surface area contributed by atoms with Crippen LogP contribution in [-0.2, 0) is 11.2 Å². The van der Waals surface area contributed by atoms with Gasteiger partial charge in [0.25, 0.3) is 0 Å². The van der Waals surface area contributed by atoms with Crippen molar-refractivity contribution in [1.82, 2.24) is 0 Å². The lowest BCUT2D eigenvalue weighted by atomic mass is 10.0. The van der Waals surface area contributed by atoms with Crippen molar-refractivity contribution in [2.75, 3.05) is 0 Å². The highest BCUT2D eigenvalue weighted by Gasteiger charge is 2.04. The van der Waals surface area contributed by atoms with Crippen molar-refractivity contribution < 1.29 is 14.3 Å². The number of rotatable bonds is 5. The molecule has 1 aromatic carbocycles. The zero-order valence-electron chi connectivity index (χ0n) is 8.37. The molecular weight excluding hydrogens is 195 g/mol. The van der Waals surface area contributed by atoms with Gasteiger partial charge in [0.15, 0.2) is 0 Å². The molecule has 0 aliphatic rings. The van der Waals surface area contributed by atoms with Gasteiger partial charge in [-0.1, -0.05) is 30.4 Å². The molecule has 1 rings (SSSR count). The average molecular weight is 208 g/mol. The summed E-state index contributed by atoms with van der Waals surface area (Å²) in [5, 5.41) is 8.47. The molecule has 1 N–H and O–H groups in total. The van der Waals surface area contributed by atoms with Crippen LogP contribution in [0.15, 0.2) is 36.4 Å². The van der Waals surface area contributed by atoms with E-state index in [4.69, 9.17) is 5.11 Å². The highest BCUT2D eigenvalue weighted by molar-refractivity contribution is 5.67. The first-order chi connectivity index (χ1) is 7.09. The number of carboxylic acid groups (broad SMARTS) is 1. The molecule has 0 aliphatic carbocycles. The second-order valence-electron chi connectivity index (χ2n) is 3.41. The summed E-state index contributed by atoms with van der Waals surface area (Å²) in [4.78, 5) is 10.3. The van der Waals surface area contributed by atoms with Crippen LogP contribution in [0.25, 0.3) is 0 Å². The first-order valence-corrected chi connectivity index (χ1v) is 4.71. The van der Waals surface area contributed by atoms with Crippen molar-refractivity contribution in [3.63, 3.8) is 0 Å². The van der Waals surface area contributed by atoms with Gasteiger partial charge < -0.3 is 5.11 Å². The Bertz CT molecular complexity index is 372. The van der Waals surface area contributed by atoms with E-state index >= 15 is 0 Å². The minimum Gasteiger partial charge on any atom is -0.481 e. The largest absolute Gasteiger partial charge is 0.481 e. The summed E-state index contributed by atoms with van der Waals surface area (Å²) in [5.41, 5.74) is 1.30. The van der Waals surface area contributed by atoms with Crippen LogP contribution < -0.4 is 0 Å². The Balaban J connectivity index is 2.52. The van der Waals surface area contributed by atoms with Crippen molar-refractivity contribution in [3.8, 4) is 0 Å². The molecule has 0 aromatic heterocycles. The third kappa shape index (κ3) is 3.94. The van der Waals surface area contributed by atoms with Crippen LogP contribution in [0, 0.1) is 5.82 Å². The Morgan fingerprint density at radius 3 is 2.60 bits per heavy atom. The zero-order valence-corrected chi connectivity index (χ0v) is 8.37. The van der Waals surface area contributed by atoms with E-state index in [2.05, 4.69) is 6.58 Å². The van der Waals surface area contributed by atoms with Crippen LogP contribution in [0.5, 0.6) is 0 Å². The molecule has 15 heavy (non-hydrogen) atoms. The maximum absolute atomic E-state index is 13.2. The Morgan fingerprint density at radius 2 is 2.00 bits per heavy atom. The van der Waals surface area contributed by atoms with E-state index in [0.29, 0.717) is 18.4 Å². The summed E-state index contributed by atoms with van der Waals surface area (Å²) in [5.74, 6) is -1.13. The first kappa shape index (κ1) is 11.4. The van der Waals surface area contributed by atoms with Gasteiger partial charge >= 0.3 is 5.97 Å². The maximum Gasteiger partial charge on any atom is 0.303 e. The number of halogens is 1. The summed E-state index contributed by atoms with van der Waals surface area (Å²) in [6, 6.07) is 6.45. The van der Waals surface area contributed by atoms with Crippen LogP contribution in [0.2, 0.25) is 0 Å². The number of carbonyl (C=O) groups is 1. The van der Waals surface area contributed by atoms with E-state index in [-0.39, 0.29) is 12.2 Å². The van der Waals surface area contributed by atoms with E-state index in [1.54, 1.807) is 18.2 Å². The van der Waals surface area contributed by atoms with Crippen LogP contribution in [0.4, 0.5) is 4.39 Å². The molecule has 0 saturated heterocycles. The number of allylic oxidation sites excluding steroid dienone is 1. The van der Waals surface area contributed by atoms with Gasteiger partial charge in [0, 0.05) is 6.42 Å². The van der Waals surface area contributed by atoms with Gasteiger partial charge in [-0.3, -0.25) is 4.79 Å². The fraction of sp³-hybridized carbons (Fsp3) is 0.250. The molecule has 80 valence electrons. The van der Waals surface area contributed by atoms with Crippen LogP contribution in [0.3, 0.4) is 0 Å². The van der Waals surface area contributed by atoms with Crippen molar-refractivity contribution in [1.29, 1.82) is 0 Å². The molecule has 0 aliphatic heterocycles. The third-order valence-corrected chi connectivity index (χ3v) is 2.09. The SMILES string of the molecule is C=C(CCC(=O)O)Cc1ccccc1F. The normalized spacial score (nSPS) is 9.93. The molecule has 0 unspecified atom stereocenters. The molecule has 2 nitrogen and oxygen atoms in total. The van der Waals surface area contributed by atoms with Crippen LogP contribution >= 0.6 is 0 Å². The lowest BCUT2D eigenvalue weighted by Crippen LogP contribution is -1.98. The second kappa shape index (κ2) is 5.29. The van der Waals surface area contributed by atoms with Crippen molar-refractivity contribution in [3.05, 3.63) is 47.8 Å². The monoisotopic (exact) mass is 208 g/mol.